The Balaban J connectivity index is 1.86. The van der Waals surface area contributed by atoms with E-state index in [0.29, 0.717) is 11.5 Å². The fraction of sp³-hybridized carbons (Fsp3) is 0.636. The predicted molar refractivity (Wildman–Crippen MR) is 61.0 cm³/mol. The van der Waals surface area contributed by atoms with Crippen LogP contribution in [-0.2, 0) is 0 Å². The molecule has 3 rings (SSSR count). The molecule has 1 unspecified atom stereocenters. The second-order valence-electron chi connectivity index (χ2n) is 4.55. The lowest BCUT2D eigenvalue weighted by Crippen LogP contribution is -2.54. The molecule has 76 valence electrons. The molecule has 14 heavy (non-hydrogen) atoms. The minimum absolute atomic E-state index is 0.591. The van der Waals surface area contributed by atoms with Gasteiger partial charge in [-0.05, 0) is 18.9 Å². The number of halogens is 1. The second kappa shape index (κ2) is 3.22. The third-order valence-electron chi connectivity index (χ3n) is 3.74. The van der Waals surface area contributed by atoms with E-state index in [4.69, 9.17) is 11.6 Å². The van der Waals surface area contributed by atoms with Gasteiger partial charge >= 0.3 is 0 Å². The molecule has 0 radical (unpaired) electrons. The van der Waals surface area contributed by atoms with Crippen LogP contribution in [-0.4, -0.2) is 6.54 Å². The van der Waals surface area contributed by atoms with E-state index in [2.05, 4.69) is 11.4 Å². The molecule has 0 bridgehead atoms. The zero-order chi connectivity index (χ0) is 9.60. The summed E-state index contributed by atoms with van der Waals surface area (Å²) in [5.41, 5.74) is 0.591. The molecule has 3 heteroatoms. The molecule has 2 heterocycles. The van der Waals surface area contributed by atoms with E-state index in [-0.39, 0.29) is 0 Å². The molecule has 1 aromatic heterocycles. The molecule has 1 saturated carbocycles. The molecule has 1 aliphatic carbocycles. The number of rotatable bonds is 1. The van der Waals surface area contributed by atoms with Crippen LogP contribution in [0.3, 0.4) is 0 Å². The van der Waals surface area contributed by atoms with Crippen molar-refractivity contribution in [1.29, 1.82) is 0 Å². The maximum Gasteiger partial charge on any atom is 0.0516 e. The van der Waals surface area contributed by atoms with Gasteiger partial charge in [-0.25, -0.2) is 0 Å². The third-order valence-corrected chi connectivity index (χ3v) is 5.09. The molecule has 2 aliphatic rings. The van der Waals surface area contributed by atoms with Crippen LogP contribution in [0, 0.1) is 5.41 Å². The van der Waals surface area contributed by atoms with Gasteiger partial charge in [-0.3, -0.25) is 0 Å². The summed E-state index contributed by atoms with van der Waals surface area (Å²) in [5.74, 6) is 0. The van der Waals surface area contributed by atoms with Gasteiger partial charge in [0.25, 0.3) is 0 Å². The Kier molecular flexibility index (Phi) is 2.12. The Labute approximate surface area is 93.5 Å². The quantitative estimate of drug-likeness (QED) is 0.773. The summed E-state index contributed by atoms with van der Waals surface area (Å²) in [5, 5.41) is 6.50. The lowest BCUT2D eigenvalue weighted by atomic mass is 9.71. The zero-order valence-electron chi connectivity index (χ0n) is 8.05. The maximum absolute atomic E-state index is 5.96. The standard InChI is InChI=1S/C11H14ClNS/c12-8-5-9(14-6-8)10-11(7-13-10)3-1-2-4-11/h5-6,10,13H,1-4,7H2. The van der Waals surface area contributed by atoms with Crippen molar-refractivity contribution in [1.82, 2.24) is 5.32 Å². The summed E-state index contributed by atoms with van der Waals surface area (Å²) >= 11 is 7.76. The normalized spacial score (nSPS) is 29.4. The van der Waals surface area contributed by atoms with Crippen molar-refractivity contribution in [3.05, 3.63) is 21.3 Å². The van der Waals surface area contributed by atoms with Crippen molar-refractivity contribution in [2.75, 3.05) is 6.54 Å². The first-order valence-electron chi connectivity index (χ1n) is 5.28. The Hall–Kier alpha value is -0.0500. The minimum Gasteiger partial charge on any atom is -0.308 e. The number of hydrogen-bond donors (Lipinski definition) is 1. The van der Waals surface area contributed by atoms with Gasteiger partial charge in [-0.1, -0.05) is 24.4 Å². The van der Waals surface area contributed by atoms with Crippen LogP contribution in [0.2, 0.25) is 5.02 Å². The van der Waals surface area contributed by atoms with Gasteiger partial charge in [0.05, 0.1) is 5.02 Å². The predicted octanol–water partition coefficient (Wildman–Crippen LogP) is 3.61. The Bertz CT molecular complexity index is 341. The summed E-state index contributed by atoms with van der Waals surface area (Å²) in [6, 6.07) is 2.73. The molecule has 1 saturated heterocycles. The Morgan fingerprint density at radius 3 is 2.71 bits per heavy atom. The van der Waals surface area contributed by atoms with Gasteiger partial charge < -0.3 is 5.32 Å². The number of thiophene rings is 1. The van der Waals surface area contributed by atoms with E-state index >= 15 is 0 Å². The number of nitrogens with one attached hydrogen (secondary N) is 1. The van der Waals surface area contributed by atoms with Gasteiger partial charge in [0, 0.05) is 28.3 Å². The largest absolute Gasteiger partial charge is 0.308 e. The molecular formula is C11H14ClNS. The van der Waals surface area contributed by atoms with Crippen molar-refractivity contribution in [2.45, 2.75) is 31.7 Å². The van der Waals surface area contributed by atoms with Crippen LogP contribution in [0.1, 0.15) is 36.6 Å². The van der Waals surface area contributed by atoms with Gasteiger partial charge in [0.2, 0.25) is 0 Å². The second-order valence-corrected chi connectivity index (χ2v) is 5.93. The third kappa shape index (κ3) is 1.24. The molecule has 1 N–H and O–H groups in total. The molecule has 1 aromatic rings. The average Bonchev–Trinajstić information content (AvgIpc) is 2.73. The fourth-order valence-corrected chi connectivity index (χ4v) is 4.22. The van der Waals surface area contributed by atoms with Crippen LogP contribution in [0.4, 0.5) is 0 Å². The van der Waals surface area contributed by atoms with Crippen molar-refractivity contribution >= 4 is 22.9 Å². The lowest BCUT2D eigenvalue weighted by molar-refractivity contribution is 0.0920. The summed E-state index contributed by atoms with van der Waals surface area (Å²) in [6.07, 6.45) is 5.63. The van der Waals surface area contributed by atoms with E-state index in [9.17, 15) is 0 Å². The molecule has 1 aliphatic heterocycles. The topological polar surface area (TPSA) is 12.0 Å². The lowest BCUT2D eigenvalue weighted by Gasteiger charge is -2.48. The van der Waals surface area contributed by atoms with E-state index in [1.54, 1.807) is 11.3 Å². The first kappa shape index (κ1) is 9.20. The smallest absolute Gasteiger partial charge is 0.0516 e. The van der Waals surface area contributed by atoms with E-state index in [1.165, 1.54) is 37.1 Å². The van der Waals surface area contributed by atoms with Crippen LogP contribution in [0.25, 0.3) is 0 Å². The molecule has 0 amide bonds. The molecule has 2 fully saturated rings. The zero-order valence-corrected chi connectivity index (χ0v) is 9.63. The Morgan fingerprint density at radius 1 is 1.43 bits per heavy atom. The highest BCUT2D eigenvalue weighted by Gasteiger charge is 2.49. The van der Waals surface area contributed by atoms with Crippen molar-refractivity contribution < 1.29 is 0 Å². The molecule has 1 atom stereocenters. The van der Waals surface area contributed by atoms with Crippen LogP contribution in [0.15, 0.2) is 11.4 Å². The van der Waals surface area contributed by atoms with E-state index in [1.807, 2.05) is 5.38 Å². The van der Waals surface area contributed by atoms with Crippen LogP contribution in [0.5, 0.6) is 0 Å². The van der Waals surface area contributed by atoms with Gasteiger partial charge in [0.15, 0.2) is 0 Å². The first-order chi connectivity index (χ1) is 6.80. The summed E-state index contributed by atoms with van der Waals surface area (Å²) in [7, 11) is 0. The average molecular weight is 228 g/mol. The summed E-state index contributed by atoms with van der Waals surface area (Å²) in [6.45, 7) is 1.22. The van der Waals surface area contributed by atoms with Crippen molar-refractivity contribution in [3.8, 4) is 0 Å². The Morgan fingerprint density at radius 2 is 2.21 bits per heavy atom. The SMILES string of the molecule is Clc1csc(C2NCC23CCCC3)c1. The summed E-state index contributed by atoms with van der Waals surface area (Å²) in [4.78, 5) is 1.43. The number of hydrogen-bond acceptors (Lipinski definition) is 2. The van der Waals surface area contributed by atoms with Gasteiger partial charge in [-0.2, -0.15) is 0 Å². The highest BCUT2D eigenvalue weighted by atomic mass is 35.5. The fourth-order valence-electron chi connectivity index (χ4n) is 2.92. The van der Waals surface area contributed by atoms with Crippen LogP contribution >= 0.6 is 22.9 Å². The van der Waals surface area contributed by atoms with Crippen LogP contribution < -0.4 is 5.32 Å². The first-order valence-corrected chi connectivity index (χ1v) is 6.53. The van der Waals surface area contributed by atoms with E-state index in [0.717, 1.165) is 5.02 Å². The monoisotopic (exact) mass is 227 g/mol. The molecule has 0 aromatic carbocycles. The summed E-state index contributed by atoms with van der Waals surface area (Å²) < 4.78 is 0. The van der Waals surface area contributed by atoms with Gasteiger partial charge in [0.1, 0.15) is 0 Å². The highest BCUT2D eigenvalue weighted by molar-refractivity contribution is 7.10. The van der Waals surface area contributed by atoms with E-state index < -0.39 is 0 Å². The van der Waals surface area contributed by atoms with Gasteiger partial charge in [-0.15, -0.1) is 11.3 Å². The highest BCUT2D eigenvalue weighted by Crippen LogP contribution is 2.53. The molecular weight excluding hydrogens is 214 g/mol. The van der Waals surface area contributed by atoms with Crippen molar-refractivity contribution in [2.24, 2.45) is 5.41 Å². The molecule has 1 nitrogen and oxygen atoms in total. The molecule has 1 spiro atoms. The van der Waals surface area contributed by atoms with Crippen molar-refractivity contribution in [3.63, 3.8) is 0 Å². The minimum atomic E-state index is 0.591. The maximum atomic E-state index is 5.96.